The molecule has 0 N–H and O–H groups in total. The van der Waals surface area contributed by atoms with Crippen molar-refractivity contribution in [2.24, 2.45) is 0 Å². The Morgan fingerprint density at radius 3 is 2.72 bits per heavy atom. The van der Waals surface area contributed by atoms with E-state index in [1.54, 1.807) is 19.1 Å². The Morgan fingerprint density at radius 1 is 1.39 bits per heavy atom. The Morgan fingerprint density at radius 2 is 2.11 bits per heavy atom. The summed E-state index contributed by atoms with van der Waals surface area (Å²) in [6.07, 6.45) is 0. The van der Waals surface area contributed by atoms with Crippen molar-refractivity contribution in [3.05, 3.63) is 62.8 Å². The van der Waals surface area contributed by atoms with E-state index >= 15 is 0 Å². The highest BCUT2D eigenvalue weighted by atomic mass is 35.5. The largest absolute Gasteiger partial charge is 0.280 e. The number of pyridine rings is 1. The summed E-state index contributed by atoms with van der Waals surface area (Å²) >= 11 is 5.82. The lowest BCUT2D eigenvalue weighted by atomic mass is 10.2. The molecule has 18 heavy (non-hydrogen) atoms. The minimum atomic E-state index is -0.548. The second-order valence-corrected chi connectivity index (χ2v) is 4.15. The molecule has 1 heterocycles. The van der Waals surface area contributed by atoms with Crippen molar-refractivity contribution in [2.75, 3.05) is 0 Å². The molecule has 0 aliphatic rings. The van der Waals surface area contributed by atoms with Crippen LogP contribution in [-0.4, -0.2) is 4.57 Å². The standard InChI is InChI=1S/C13H8ClFN2O/c1-8-5-12(14)11(7-16)13(18)17(8)10-4-2-3-9(15)6-10/h2-6H,1H3. The first kappa shape index (κ1) is 12.3. The van der Waals surface area contributed by atoms with Crippen LogP contribution in [0.15, 0.2) is 35.1 Å². The molecule has 0 bridgehead atoms. The van der Waals surface area contributed by atoms with E-state index < -0.39 is 11.4 Å². The van der Waals surface area contributed by atoms with Gasteiger partial charge < -0.3 is 0 Å². The van der Waals surface area contributed by atoms with Gasteiger partial charge in [0.05, 0.1) is 10.7 Å². The zero-order chi connectivity index (χ0) is 13.3. The van der Waals surface area contributed by atoms with Gasteiger partial charge in [0.15, 0.2) is 0 Å². The molecule has 1 aromatic carbocycles. The van der Waals surface area contributed by atoms with Crippen LogP contribution in [0, 0.1) is 24.1 Å². The van der Waals surface area contributed by atoms with Crippen molar-refractivity contribution < 1.29 is 4.39 Å². The maximum Gasteiger partial charge on any atom is 0.274 e. The molecule has 0 radical (unpaired) electrons. The maximum atomic E-state index is 13.2. The lowest BCUT2D eigenvalue weighted by Crippen LogP contribution is -2.23. The maximum absolute atomic E-state index is 13.2. The molecule has 0 unspecified atom stereocenters. The highest BCUT2D eigenvalue weighted by molar-refractivity contribution is 6.31. The Kier molecular flexibility index (Phi) is 3.17. The molecule has 3 nitrogen and oxygen atoms in total. The number of benzene rings is 1. The average Bonchev–Trinajstić information content (AvgIpc) is 2.28. The first-order valence-electron chi connectivity index (χ1n) is 5.13. The molecule has 2 rings (SSSR count). The SMILES string of the molecule is Cc1cc(Cl)c(C#N)c(=O)n1-c1cccc(F)c1. The summed E-state index contributed by atoms with van der Waals surface area (Å²) in [4.78, 5) is 12.1. The molecule has 5 heteroatoms. The van der Waals surface area contributed by atoms with Gasteiger partial charge >= 0.3 is 0 Å². The molecule has 0 atom stereocenters. The third-order valence-corrected chi connectivity index (χ3v) is 2.82. The van der Waals surface area contributed by atoms with Crippen LogP contribution in [0.1, 0.15) is 11.3 Å². The van der Waals surface area contributed by atoms with E-state index in [1.807, 2.05) is 0 Å². The number of halogens is 2. The van der Waals surface area contributed by atoms with Crippen molar-refractivity contribution in [1.82, 2.24) is 4.57 Å². The van der Waals surface area contributed by atoms with E-state index in [0.717, 1.165) is 0 Å². The van der Waals surface area contributed by atoms with Gasteiger partial charge in [-0.1, -0.05) is 17.7 Å². The van der Waals surface area contributed by atoms with Crippen LogP contribution in [0.4, 0.5) is 4.39 Å². The number of aromatic nitrogens is 1. The summed E-state index contributed by atoms with van der Waals surface area (Å²) in [5.74, 6) is -0.452. The van der Waals surface area contributed by atoms with E-state index in [4.69, 9.17) is 16.9 Å². The molecule has 0 aliphatic heterocycles. The highest BCUT2D eigenvalue weighted by Crippen LogP contribution is 2.16. The Labute approximate surface area is 108 Å². The minimum absolute atomic E-state index is 0.104. The van der Waals surface area contributed by atoms with Gasteiger partial charge in [0.2, 0.25) is 0 Å². The van der Waals surface area contributed by atoms with Crippen LogP contribution >= 0.6 is 11.6 Å². The second kappa shape index (κ2) is 4.63. The zero-order valence-corrected chi connectivity index (χ0v) is 10.2. The Hall–Kier alpha value is -2.12. The van der Waals surface area contributed by atoms with Gasteiger partial charge in [0.25, 0.3) is 5.56 Å². The van der Waals surface area contributed by atoms with E-state index in [-0.39, 0.29) is 10.6 Å². The number of hydrogen-bond donors (Lipinski definition) is 0. The van der Waals surface area contributed by atoms with Crippen LogP contribution in [0.2, 0.25) is 5.02 Å². The fraction of sp³-hybridized carbons (Fsp3) is 0.0769. The normalized spacial score (nSPS) is 10.1. The molecular formula is C13H8ClFN2O. The number of aryl methyl sites for hydroxylation is 1. The predicted octanol–water partition coefficient (Wildman–Crippen LogP) is 2.81. The van der Waals surface area contributed by atoms with Gasteiger partial charge in [-0.05, 0) is 31.2 Å². The minimum Gasteiger partial charge on any atom is -0.280 e. The predicted molar refractivity (Wildman–Crippen MR) is 66.5 cm³/mol. The molecule has 0 fully saturated rings. The smallest absolute Gasteiger partial charge is 0.274 e. The second-order valence-electron chi connectivity index (χ2n) is 3.74. The van der Waals surface area contributed by atoms with Crippen molar-refractivity contribution >= 4 is 11.6 Å². The number of nitrogens with zero attached hydrogens (tertiary/aromatic N) is 2. The summed E-state index contributed by atoms with van der Waals surface area (Å²) in [5, 5.41) is 9.00. The van der Waals surface area contributed by atoms with E-state index in [9.17, 15) is 9.18 Å². The Bertz CT molecular complexity index is 716. The van der Waals surface area contributed by atoms with Gasteiger partial charge in [0, 0.05) is 5.69 Å². The van der Waals surface area contributed by atoms with Crippen molar-refractivity contribution in [2.45, 2.75) is 6.92 Å². The molecule has 0 saturated heterocycles. The topological polar surface area (TPSA) is 45.8 Å². The molecule has 0 amide bonds. The van der Waals surface area contributed by atoms with Crippen LogP contribution < -0.4 is 5.56 Å². The van der Waals surface area contributed by atoms with E-state index in [0.29, 0.717) is 11.4 Å². The lowest BCUT2D eigenvalue weighted by molar-refractivity contribution is 0.626. The first-order chi connectivity index (χ1) is 8.54. The molecule has 0 saturated carbocycles. The monoisotopic (exact) mass is 262 g/mol. The summed E-state index contributed by atoms with van der Waals surface area (Å²) in [6, 6.07) is 8.86. The van der Waals surface area contributed by atoms with Crippen LogP contribution in [0.3, 0.4) is 0 Å². The van der Waals surface area contributed by atoms with Crippen LogP contribution in [0.25, 0.3) is 5.69 Å². The lowest BCUT2D eigenvalue weighted by Gasteiger charge is -2.11. The zero-order valence-electron chi connectivity index (χ0n) is 9.45. The third kappa shape index (κ3) is 2.01. The molecule has 90 valence electrons. The number of rotatable bonds is 1. The van der Waals surface area contributed by atoms with Gasteiger partial charge in [-0.15, -0.1) is 0 Å². The van der Waals surface area contributed by atoms with Crippen molar-refractivity contribution in [3.63, 3.8) is 0 Å². The molecule has 0 spiro atoms. The van der Waals surface area contributed by atoms with Gasteiger partial charge in [-0.2, -0.15) is 5.26 Å². The van der Waals surface area contributed by atoms with Gasteiger partial charge in [-0.25, -0.2) is 4.39 Å². The number of nitriles is 1. The summed E-state index contributed by atoms with van der Waals surface area (Å²) in [5.41, 5.74) is 0.208. The van der Waals surface area contributed by atoms with Gasteiger partial charge in [-0.3, -0.25) is 9.36 Å². The first-order valence-corrected chi connectivity index (χ1v) is 5.50. The van der Waals surface area contributed by atoms with Crippen LogP contribution in [0.5, 0.6) is 0 Å². The fourth-order valence-electron chi connectivity index (χ4n) is 1.73. The van der Waals surface area contributed by atoms with Crippen molar-refractivity contribution in [1.29, 1.82) is 5.26 Å². The molecular weight excluding hydrogens is 255 g/mol. The highest BCUT2D eigenvalue weighted by Gasteiger charge is 2.12. The summed E-state index contributed by atoms with van der Waals surface area (Å²) < 4.78 is 14.4. The Balaban J connectivity index is 2.81. The summed E-state index contributed by atoms with van der Waals surface area (Å²) in [7, 11) is 0. The fourth-order valence-corrected chi connectivity index (χ4v) is 2.01. The molecule has 1 aromatic heterocycles. The average molecular weight is 263 g/mol. The number of hydrogen-bond acceptors (Lipinski definition) is 2. The van der Waals surface area contributed by atoms with Gasteiger partial charge in [0.1, 0.15) is 17.4 Å². The summed E-state index contributed by atoms with van der Waals surface area (Å²) in [6.45, 7) is 1.67. The van der Waals surface area contributed by atoms with Crippen molar-refractivity contribution in [3.8, 4) is 11.8 Å². The van der Waals surface area contributed by atoms with E-state index in [1.165, 1.54) is 28.8 Å². The van der Waals surface area contributed by atoms with Crippen LogP contribution in [-0.2, 0) is 0 Å². The quantitative estimate of drug-likeness (QED) is 0.793. The molecule has 0 aliphatic carbocycles. The van der Waals surface area contributed by atoms with E-state index in [2.05, 4.69) is 0 Å². The third-order valence-electron chi connectivity index (χ3n) is 2.52. The molecule has 2 aromatic rings.